The first-order valence-electron chi connectivity index (χ1n) is 8.54. The summed E-state index contributed by atoms with van der Waals surface area (Å²) in [5, 5.41) is 11.8. The second kappa shape index (κ2) is 8.28. The van der Waals surface area contributed by atoms with Crippen LogP contribution in [0.1, 0.15) is 58.2 Å². The summed E-state index contributed by atoms with van der Waals surface area (Å²) in [6.07, 6.45) is -1.59. The van der Waals surface area contributed by atoms with Crippen LogP contribution >= 0.6 is 0 Å². The van der Waals surface area contributed by atoms with Crippen molar-refractivity contribution in [1.29, 1.82) is 0 Å². The molecule has 0 saturated carbocycles. The number of nitrogens with two attached hydrogens (primary N) is 1. The number of hydrogen-bond acceptors (Lipinski definition) is 6. The van der Waals surface area contributed by atoms with Crippen LogP contribution < -0.4 is 5.73 Å². The predicted octanol–water partition coefficient (Wildman–Crippen LogP) is 3.76. The van der Waals surface area contributed by atoms with E-state index in [4.69, 9.17) is 20.4 Å². The molecule has 0 aliphatic heterocycles. The van der Waals surface area contributed by atoms with Gasteiger partial charge in [0, 0.05) is 5.56 Å². The lowest BCUT2D eigenvalue weighted by atomic mass is 10.0. The number of oxime groups is 1. The summed E-state index contributed by atoms with van der Waals surface area (Å²) in [7, 11) is 0. The first kappa shape index (κ1) is 22.3. The summed E-state index contributed by atoms with van der Waals surface area (Å²) in [6, 6.07) is 5.04. The van der Waals surface area contributed by atoms with Crippen LogP contribution in [0.4, 0.5) is 9.59 Å². The van der Waals surface area contributed by atoms with Crippen molar-refractivity contribution in [2.45, 2.75) is 66.2 Å². The Morgan fingerprint density at radius 3 is 1.93 bits per heavy atom. The van der Waals surface area contributed by atoms with E-state index in [9.17, 15) is 9.59 Å². The molecule has 0 aromatic heterocycles. The molecule has 27 heavy (non-hydrogen) atoms. The number of rotatable bonds is 3. The first-order valence-corrected chi connectivity index (χ1v) is 8.54. The van der Waals surface area contributed by atoms with E-state index in [1.165, 1.54) is 0 Å². The smallest absolute Gasteiger partial charge is 0.420 e. The Labute approximate surface area is 159 Å². The van der Waals surface area contributed by atoms with Gasteiger partial charge in [0.1, 0.15) is 11.2 Å². The molecule has 0 saturated heterocycles. The van der Waals surface area contributed by atoms with Gasteiger partial charge in [0.15, 0.2) is 5.84 Å². The molecular weight excluding hydrogens is 350 g/mol. The van der Waals surface area contributed by atoms with Gasteiger partial charge in [0.2, 0.25) is 0 Å². The Morgan fingerprint density at radius 1 is 1.07 bits per heavy atom. The second-order valence-corrected chi connectivity index (χ2v) is 8.17. The fourth-order valence-corrected chi connectivity index (χ4v) is 2.10. The van der Waals surface area contributed by atoms with Crippen LogP contribution in [-0.4, -0.2) is 39.3 Å². The molecule has 0 aliphatic rings. The first-order chi connectivity index (χ1) is 12.2. The fourth-order valence-electron chi connectivity index (χ4n) is 2.10. The Morgan fingerprint density at radius 2 is 1.56 bits per heavy atom. The minimum Gasteiger partial charge on any atom is -0.443 e. The third-order valence-corrected chi connectivity index (χ3v) is 3.30. The molecule has 1 aromatic carbocycles. The monoisotopic (exact) mass is 379 g/mol. The molecule has 0 bridgehead atoms. The van der Waals surface area contributed by atoms with E-state index >= 15 is 0 Å². The summed E-state index contributed by atoms with van der Waals surface area (Å²) in [6.45, 7) is 12.1. The van der Waals surface area contributed by atoms with Crippen LogP contribution in [0.25, 0.3) is 0 Å². The van der Waals surface area contributed by atoms with Crippen molar-refractivity contribution in [3.8, 4) is 0 Å². The van der Waals surface area contributed by atoms with Gasteiger partial charge in [-0.1, -0.05) is 17.3 Å². The minimum atomic E-state index is -0.795. The topological polar surface area (TPSA) is 114 Å². The van der Waals surface area contributed by atoms with E-state index in [-0.39, 0.29) is 12.4 Å². The van der Waals surface area contributed by atoms with Gasteiger partial charge in [-0.25, -0.2) is 14.5 Å². The van der Waals surface area contributed by atoms with Crippen LogP contribution in [0.3, 0.4) is 0 Å². The Bertz CT molecular complexity index is 702. The average molecular weight is 379 g/mol. The quantitative estimate of drug-likeness (QED) is 0.358. The molecule has 8 heteroatoms. The van der Waals surface area contributed by atoms with Gasteiger partial charge in [-0.15, -0.1) is 0 Å². The molecule has 0 fully saturated rings. The number of imide groups is 1. The summed E-state index contributed by atoms with van der Waals surface area (Å²) in [5.41, 5.74) is 6.05. The standard InChI is InChI=1S/C19H29N3O5/c1-12-10-13(15(20)21-25)8-9-14(12)11-22(16(23)26-18(2,3)4)17(24)27-19(5,6)7/h8-10,25H,11H2,1-7H3,(H2,20,21). The maximum atomic E-state index is 12.6. The summed E-state index contributed by atoms with van der Waals surface area (Å²) >= 11 is 0. The summed E-state index contributed by atoms with van der Waals surface area (Å²) in [5.74, 6) is -0.0270. The molecule has 0 unspecified atom stereocenters. The number of aryl methyl sites for hydroxylation is 1. The van der Waals surface area contributed by atoms with E-state index in [1.54, 1.807) is 66.7 Å². The fraction of sp³-hybridized carbons (Fsp3) is 0.526. The highest BCUT2D eigenvalue weighted by Crippen LogP contribution is 2.19. The molecule has 0 spiro atoms. The van der Waals surface area contributed by atoms with Gasteiger partial charge < -0.3 is 20.4 Å². The summed E-state index contributed by atoms with van der Waals surface area (Å²) < 4.78 is 10.7. The second-order valence-electron chi connectivity index (χ2n) is 8.17. The molecule has 1 rings (SSSR count). The normalized spacial score (nSPS) is 12.5. The number of amides is 2. The van der Waals surface area contributed by atoms with Crippen LogP contribution in [-0.2, 0) is 16.0 Å². The lowest BCUT2D eigenvalue weighted by molar-refractivity contribution is -0.000266. The van der Waals surface area contributed by atoms with Gasteiger partial charge in [-0.3, -0.25) is 0 Å². The average Bonchev–Trinajstić information content (AvgIpc) is 2.49. The predicted molar refractivity (Wildman–Crippen MR) is 102 cm³/mol. The van der Waals surface area contributed by atoms with Crippen molar-refractivity contribution >= 4 is 18.0 Å². The SMILES string of the molecule is Cc1cc(/C(N)=N/O)ccc1CN(C(=O)OC(C)(C)C)C(=O)OC(C)(C)C. The zero-order valence-corrected chi connectivity index (χ0v) is 17.0. The van der Waals surface area contributed by atoms with Gasteiger partial charge in [-0.2, -0.15) is 0 Å². The number of nitrogens with zero attached hydrogens (tertiary/aromatic N) is 2. The summed E-state index contributed by atoms with van der Waals surface area (Å²) in [4.78, 5) is 26.0. The molecule has 1 aromatic rings. The number of hydrogen-bond donors (Lipinski definition) is 2. The molecule has 0 heterocycles. The zero-order valence-electron chi connectivity index (χ0n) is 17.0. The molecule has 2 amide bonds. The van der Waals surface area contributed by atoms with Crippen molar-refractivity contribution in [2.75, 3.05) is 0 Å². The van der Waals surface area contributed by atoms with Gasteiger partial charge >= 0.3 is 12.2 Å². The minimum absolute atomic E-state index is 0.0270. The van der Waals surface area contributed by atoms with E-state index in [0.29, 0.717) is 11.1 Å². The third kappa shape index (κ3) is 7.16. The van der Waals surface area contributed by atoms with Crippen molar-refractivity contribution in [1.82, 2.24) is 4.90 Å². The van der Waals surface area contributed by atoms with Gasteiger partial charge in [0.05, 0.1) is 6.54 Å². The number of amidine groups is 1. The highest BCUT2D eigenvalue weighted by atomic mass is 16.6. The van der Waals surface area contributed by atoms with E-state index in [1.807, 2.05) is 0 Å². The van der Waals surface area contributed by atoms with Crippen LogP contribution in [0.5, 0.6) is 0 Å². The van der Waals surface area contributed by atoms with Crippen molar-refractivity contribution < 1.29 is 24.3 Å². The van der Waals surface area contributed by atoms with E-state index in [2.05, 4.69) is 5.16 Å². The lowest BCUT2D eigenvalue weighted by Crippen LogP contribution is -2.43. The van der Waals surface area contributed by atoms with Crippen molar-refractivity contribution in [3.05, 3.63) is 34.9 Å². The van der Waals surface area contributed by atoms with Crippen molar-refractivity contribution in [2.24, 2.45) is 10.9 Å². The molecule has 3 N–H and O–H groups in total. The zero-order chi connectivity index (χ0) is 21.0. The molecule has 8 nitrogen and oxygen atoms in total. The Balaban J connectivity index is 3.17. The number of benzene rings is 1. The number of ether oxygens (including phenoxy) is 2. The maximum Gasteiger partial charge on any atom is 0.420 e. The van der Waals surface area contributed by atoms with Crippen molar-refractivity contribution in [3.63, 3.8) is 0 Å². The van der Waals surface area contributed by atoms with Crippen LogP contribution in [0.2, 0.25) is 0 Å². The Kier molecular flexibility index (Phi) is 6.83. The molecule has 0 aliphatic carbocycles. The van der Waals surface area contributed by atoms with Gasteiger partial charge in [0.25, 0.3) is 0 Å². The van der Waals surface area contributed by atoms with E-state index in [0.717, 1.165) is 10.5 Å². The molecule has 150 valence electrons. The molecular formula is C19H29N3O5. The maximum absolute atomic E-state index is 12.6. The third-order valence-electron chi connectivity index (χ3n) is 3.30. The number of carbonyl (C=O) groups is 2. The lowest BCUT2D eigenvalue weighted by Gasteiger charge is -2.29. The number of carbonyl (C=O) groups excluding carboxylic acids is 2. The molecule has 0 radical (unpaired) electrons. The largest absolute Gasteiger partial charge is 0.443 e. The van der Waals surface area contributed by atoms with Crippen LogP contribution in [0, 0.1) is 6.92 Å². The van der Waals surface area contributed by atoms with Crippen LogP contribution in [0.15, 0.2) is 23.4 Å². The molecule has 0 atom stereocenters. The highest BCUT2D eigenvalue weighted by Gasteiger charge is 2.31. The van der Waals surface area contributed by atoms with Gasteiger partial charge in [-0.05, 0) is 65.7 Å². The van der Waals surface area contributed by atoms with E-state index < -0.39 is 23.4 Å². The highest BCUT2D eigenvalue weighted by molar-refractivity contribution is 5.97. The Hall–Kier alpha value is -2.77.